The number of benzene rings is 3. The molecule has 11 amide bonds. The number of fused-ring (bicyclic) bond motifs is 3. The SMILES string of the molecule is CC(C)C[C@H](NC(=O)[C@@H](N)CCCCN)C(=O)N[C@@H](Cc1c[nH]c2ccccc12)C(=O)N[C@@H](CCCCN)C(=O)N[C@@H](CCCCN)C(=O)N[C@@H](Cc1c[nH]c2ccccc12)C(=O)N[C@@H](CCCCN)C(=O)N[C@@H](CCCCN)C(=O)N[C@@H](Cc1c[nH]c2ccccc12)C(=O)N[C@@H](CCCCN)C(=O)N[C@@H](CCCCN)C(N)=O. The second kappa shape index (κ2) is 50.4. The summed E-state index contributed by atoms with van der Waals surface area (Å²) < 4.78 is 0. The Labute approximate surface area is 667 Å². The maximum atomic E-state index is 15.4. The lowest BCUT2D eigenvalue weighted by Gasteiger charge is -2.29. The largest absolute Gasteiger partial charge is 0.368 e. The van der Waals surface area contributed by atoms with Gasteiger partial charge in [-0.25, -0.2) is 0 Å². The lowest BCUT2D eigenvalue weighted by Crippen LogP contribution is -2.61. The molecule has 31 N–H and O–H groups in total. The number of hydrogen-bond donors (Lipinski definition) is 22. The number of H-pyrrole nitrogens is 3. The molecule has 3 aromatic heterocycles. The first kappa shape index (κ1) is 93.0. The van der Waals surface area contributed by atoms with Gasteiger partial charge in [0.25, 0.3) is 0 Å². The van der Waals surface area contributed by atoms with Crippen molar-refractivity contribution in [3.8, 4) is 0 Å². The van der Waals surface area contributed by atoms with Crippen molar-refractivity contribution in [1.82, 2.24) is 68.1 Å². The Balaban J connectivity index is 1.31. The molecule has 3 aromatic carbocycles. The van der Waals surface area contributed by atoms with Crippen LogP contribution in [0.3, 0.4) is 0 Å². The maximum absolute atomic E-state index is 15.4. The van der Waals surface area contributed by atoms with Crippen LogP contribution in [0.4, 0.5) is 0 Å². The fourth-order valence-corrected chi connectivity index (χ4v) is 13.8. The molecule has 3 heterocycles. The van der Waals surface area contributed by atoms with Crippen LogP contribution in [0, 0.1) is 5.92 Å². The van der Waals surface area contributed by atoms with Gasteiger partial charge in [0.1, 0.15) is 60.4 Å². The van der Waals surface area contributed by atoms with Crippen LogP contribution >= 0.6 is 0 Å². The summed E-state index contributed by atoms with van der Waals surface area (Å²) >= 11 is 0. The summed E-state index contributed by atoms with van der Waals surface area (Å²) in [6, 6.07) is 8.26. The maximum Gasteiger partial charge on any atom is 0.243 e. The second-order valence-electron chi connectivity index (χ2n) is 29.9. The predicted molar refractivity (Wildman–Crippen MR) is 442 cm³/mol. The molecule has 6 aromatic rings. The van der Waals surface area contributed by atoms with Crippen LogP contribution in [-0.2, 0) is 72.0 Å². The third-order valence-electron chi connectivity index (χ3n) is 20.3. The van der Waals surface area contributed by atoms with Gasteiger partial charge in [0, 0.05) is 70.6 Å². The Bertz CT molecular complexity index is 4010. The predicted octanol–water partition coefficient (Wildman–Crippen LogP) is 0.768. The third kappa shape index (κ3) is 30.5. The van der Waals surface area contributed by atoms with Gasteiger partial charge in [-0.3, -0.25) is 52.7 Å². The molecule has 0 unspecified atom stereocenters. The van der Waals surface area contributed by atoms with E-state index in [-0.39, 0.29) is 96.3 Å². The molecule has 0 bridgehead atoms. The number of primary amides is 1. The van der Waals surface area contributed by atoms with Crippen molar-refractivity contribution in [2.75, 3.05) is 45.8 Å². The summed E-state index contributed by atoms with van der Waals surface area (Å²) in [5.74, 6) is -8.18. The van der Waals surface area contributed by atoms with Crippen molar-refractivity contribution >= 4 is 97.7 Å². The monoisotopic (exact) mass is 1590 g/mol. The molecule has 0 aliphatic heterocycles. The Morgan fingerprint density at radius 3 is 0.772 bits per heavy atom. The van der Waals surface area contributed by atoms with Crippen molar-refractivity contribution in [2.45, 2.75) is 241 Å². The van der Waals surface area contributed by atoms with E-state index in [0.29, 0.717) is 133 Å². The number of aromatic amines is 3. The molecule has 33 nitrogen and oxygen atoms in total. The Kier molecular flexibility index (Phi) is 41.1. The van der Waals surface area contributed by atoms with Crippen LogP contribution < -0.4 is 105 Å². The summed E-state index contributed by atoms with van der Waals surface area (Å²) in [6.45, 7) is 5.80. The Morgan fingerprint density at radius 2 is 0.509 bits per heavy atom. The highest BCUT2D eigenvalue weighted by Crippen LogP contribution is 2.24. The van der Waals surface area contributed by atoms with Gasteiger partial charge < -0.3 is 120 Å². The lowest BCUT2D eigenvalue weighted by molar-refractivity contribution is -0.136. The summed E-state index contributed by atoms with van der Waals surface area (Å²) in [7, 11) is 0. The fraction of sp³-hybridized carbons (Fsp3) is 0.568. The molecule has 0 fully saturated rings. The van der Waals surface area contributed by atoms with Gasteiger partial charge in [0.2, 0.25) is 65.0 Å². The molecule has 628 valence electrons. The normalized spacial score (nSPS) is 14.4. The number of carbonyl (C=O) groups excluding carboxylic acids is 11. The van der Waals surface area contributed by atoms with E-state index in [2.05, 4.69) is 68.1 Å². The average Bonchev–Trinajstić information content (AvgIpc) is 1.65. The Hall–Kier alpha value is -9.87. The van der Waals surface area contributed by atoms with Crippen LogP contribution in [0.1, 0.15) is 172 Å². The summed E-state index contributed by atoms with van der Waals surface area (Å²) in [4.78, 5) is 171. The molecule has 0 aliphatic carbocycles. The first-order chi connectivity index (χ1) is 55.0. The molecular weight excluding hydrogens is 1460 g/mol. The van der Waals surface area contributed by atoms with Gasteiger partial charge in [-0.05, 0) is 221 Å². The molecule has 0 radical (unpaired) electrons. The summed E-state index contributed by atoms with van der Waals surface area (Å²) in [5, 5.41) is 30.9. The van der Waals surface area contributed by atoms with Gasteiger partial charge in [0.15, 0.2) is 0 Å². The molecular formula is C81H128N22O11. The minimum atomic E-state index is -1.45. The van der Waals surface area contributed by atoms with E-state index < -0.39 is 131 Å². The molecule has 11 atom stereocenters. The van der Waals surface area contributed by atoms with E-state index >= 15 is 28.8 Å². The number of amides is 11. The van der Waals surface area contributed by atoms with Crippen LogP contribution in [0.5, 0.6) is 0 Å². The zero-order chi connectivity index (χ0) is 82.9. The number of unbranched alkanes of at least 4 members (excludes halogenated alkanes) is 7. The summed E-state index contributed by atoms with van der Waals surface area (Å²) in [5.41, 5.74) is 57.5. The number of para-hydroxylation sites is 3. The molecule has 6 rings (SSSR count). The van der Waals surface area contributed by atoms with E-state index in [9.17, 15) is 24.0 Å². The molecule has 0 saturated carbocycles. The molecule has 114 heavy (non-hydrogen) atoms. The van der Waals surface area contributed by atoms with Crippen molar-refractivity contribution in [3.05, 3.63) is 108 Å². The number of aromatic nitrogens is 3. The van der Waals surface area contributed by atoms with Crippen LogP contribution in [0.25, 0.3) is 32.7 Å². The Morgan fingerprint density at radius 1 is 0.289 bits per heavy atom. The smallest absolute Gasteiger partial charge is 0.243 e. The first-order valence-electron chi connectivity index (χ1n) is 40.6. The highest BCUT2D eigenvalue weighted by Gasteiger charge is 2.38. The van der Waals surface area contributed by atoms with E-state index in [1.54, 1.807) is 18.6 Å². The van der Waals surface area contributed by atoms with Crippen LogP contribution in [-0.4, -0.2) is 192 Å². The molecule has 0 aliphatic rings. The third-order valence-corrected chi connectivity index (χ3v) is 20.3. The second-order valence-corrected chi connectivity index (χ2v) is 29.9. The van der Waals surface area contributed by atoms with E-state index in [1.165, 1.54) is 0 Å². The van der Waals surface area contributed by atoms with E-state index in [1.807, 2.05) is 86.6 Å². The topological polar surface area (TPSA) is 590 Å². The van der Waals surface area contributed by atoms with Crippen LogP contribution in [0.15, 0.2) is 91.4 Å². The number of nitrogens with two attached hydrogens (primary N) is 9. The van der Waals surface area contributed by atoms with E-state index in [4.69, 9.17) is 51.6 Å². The zero-order valence-electron chi connectivity index (χ0n) is 66.4. The zero-order valence-corrected chi connectivity index (χ0v) is 66.4. The number of hydrogen-bond acceptors (Lipinski definition) is 19. The fourth-order valence-electron chi connectivity index (χ4n) is 13.8. The number of nitrogens with one attached hydrogen (secondary N) is 13. The summed E-state index contributed by atoms with van der Waals surface area (Å²) in [6.07, 6.45) is 12.0. The molecule has 0 saturated heterocycles. The standard InChI is InChI=1S/C81H128N22O11/c1-50(2)43-67(100-72(105)57(89)26-9-16-36-82)78(111)103-70(46-53-49-93-60-29-8-5-25-56(53)60)81(114)99-64(33-13-20-40-86)75(108)96-66(35-15-22-42-88)77(110)102-69(45-52-48-92-59-28-7-4-24-55(52)59)80(113)98-63(32-12-19-39-85)74(107)95-65(34-14-21-41-87)76(109)101-68(44-51-47-91-58-27-6-3-23-54(51)58)79(112)97-62(31-11-18-38-84)73(106)94-61(71(90)104)30-10-17-37-83/h3-8,23-25,27-29,47-50,57,61-70,91-93H,9-22,26,30-46,82-89H2,1-2H3,(H2,90,104)(H,94,106)(H,95,107)(H,96,108)(H,97,112)(H,98,113)(H,99,114)(H,100,105)(H,101,109)(H,102,110)(H,103,111)/t57-,61-,62-,63-,64-,65-,66-,67-,68-,69-,70-/m0/s1. The van der Waals surface area contributed by atoms with E-state index in [0.717, 1.165) is 32.7 Å². The van der Waals surface area contributed by atoms with Gasteiger partial charge in [0.05, 0.1) is 6.04 Å². The van der Waals surface area contributed by atoms with Crippen molar-refractivity contribution < 1.29 is 52.7 Å². The van der Waals surface area contributed by atoms with Crippen molar-refractivity contribution in [2.24, 2.45) is 57.5 Å². The van der Waals surface area contributed by atoms with Crippen molar-refractivity contribution in [1.29, 1.82) is 0 Å². The average molecular weight is 1590 g/mol. The lowest BCUT2D eigenvalue weighted by atomic mass is 9.99. The van der Waals surface area contributed by atoms with Gasteiger partial charge >= 0.3 is 0 Å². The minimum absolute atomic E-state index is 0.00359. The highest BCUT2D eigenvalue weighted by atomic mass is 16.2. The molecule has 33 heteroatoms. The first-order valence-corrected chi connectivity index (χ1v) is 40.6. The minimum Gasteiger partial charge on any atom is -0.368 e. The van der Waals surface area contributed by atoms with Gasteiger partial charge in [-0.2, -0.15) is 0 Å². The van der Waals surface area contributed by atoms with Crippen molar-refractivity contribution in [3.63, 3.8) is 0 Å². The number of rotatable bonds is 57. The van der Waals surface area contributed by atoms with Gasteiger partial charge in [-0.1, -0.05) is 74.9 Å². The van der Waals surface area contributed by atoms with Crippen LogP contribution in [0.2, 0.25) is 0 Å². The van der Waals surface area contributed by atoms with Gasteiger partial charge in [-0.15, -0.1) is 0 Å². The quantitative estimate of drug-likeness (QED) is 0.0234. The highest BCUT2D eigenvalue weighted by molar-refractivity contribution is 6.00. The number of carbonyl (C=O) groups is 11. The molecule has 0 spiro atoms.